The van der Waals surface area contributed by atoms with Crippen LogP contribution >= 0.6 is 15.9 Å². The van der Waals surface area contributed by atoms with Gasteiger partial charge in [0, 0.05) is 23.0 Å². The Morgan fingerprint density at radius 2 is 2.21 bits per heavy atom. The van der Waals surface area contributed by atoms with Gasteiger partial charge in [0.15, 0.2) is 0 Å². The van der Waals surface area contributed by atoms with Crippen LogP contribution < -0.4 is 5.73 Å². The molecule has 1 aliphatic rings. The van der Waals surface area contributed by atoms with Crippen molar-refractivity contribution in [2.45, 2.75) is 12.5 Å². The first kappa shape index (κ1) is 10.1. The van der Waals surface area contributed by atoms with Gasteiger partial charge in [0.2, 0.25) is 0 Å². The first-order valence-corrected chi connectivity index (χ1v) is 5.66. The molecule has 1 heterocycles. The predicted octanol–water partition coefficient (Wildman–Crippen LogP) is 2.49. The second-order valence-corrected chi connectivity index (χ2v) is 4.53. The van der Waals surface area contributed by atoms with Crippen LogP contribution in [-0.4, -0.2) is 13.2 Å². The highest BCUT2D eigenvalue weighted by atomic mass is 79.9. The lowest BCUT2D eigenvalue weighted by Crippen LogP contribution is -2.21. The van der Waals surface area contributed by atoms with Gasteiger partial charge in [-0.15, -0.1) is 0 Å². The summed E-state index contributed by atoms with van der Waals surface area (Å²) in [6.45, 7) is 1.64. The largest absolute Gasteiger partial charge is 0.381 e. The van der Waals surface area contributed by atoms with Crippen LogP contribution in [0, 0.1) is 5.92 Å². The average Bonchev–Trinajstić information content (AvgIpc) is 2.70. The summed E-state index contributed by atoms with van der Waals surface area (Å²) in [6, 6.07) is 8.23. The van der Waals surface area contributed by atoms with Gasteiger partial charge in [-0.1, -0.05) is 34.1 Å². The van der Waals surface area contributed by atoms with E-state index in [4.69, 9.17) is 10.5 Å². The zero-order valence-corrected chi connectivity index (χ0v) is 9.53. The Labute approximate surface area is 92.6 Å². The van der Waals surface area contributed by atoms with Crippen LogP contribution in [0.2, 0.25) is 0 Å². The van der Waals surface area contributed by atoms with Crippen molar-refractivity contribution < 1.29 is 4.74 Å². The molecule has 14 heavy (non-hydrogen) atoms. The lowest BCUT2D eigenvalue weighted by atomic mass is 9.93. The molecule has 2 unspecified atom stereocenters. The molecule has 2 nitrogen and oxygen atoms in total. The molecule has 1 aromatic rings. The summed E-state index contributed by atoms with van der Waals surface area (Å²) >= 11 is 3.52. The molecule has 2 N–H and O–H groups in total. The summed E-state index contributed by atoms with van der Waals surface area (Å²) in [5, 5.41) is 0. The lowest BCUT2D eigenvalue weighted by Gasteiger charge is -2.19. The molecule has 1 aromatic carbocycles. The SMILES string of the molecule is NC(c1ccccc1Br)C1CCOC1. The van der Waals surface area contributed by atoms with Crippen LogP contribution in [0.1, 0.15) is 18.0 Å². The molecule has 2 atom stereocenters. The molecule has 0 spiro atoms. The van der Waals surface area contributed by atoms with Gasteiger partial charge in [0.1, 0.15) is 0 Å². The standard InChI is InChI=1S/C11H14BrNO/c12-10-4-2-1-3-9(10)11(13)8-5-6-14-7-8/h1-4,8,11H,5-7,13H2. The quantitative estimate of drug-likeness (QED) is 0.882. The van der Waals surface area contributed by atoms with Crippen molar-refractivity contribution in [3.8, 4) is 0 Å². The highest BCUT2D eigenvalue weighted by Crippen LogP contribution is 2.30. The zero-order valence-electron chi connectivity index (χ0n) is 7.95. The Balaban J connectivity index is 2.17. The molecule has 0 bridgehead atoms. The molecule has 1 fully saturated rings. The smallest absolute Gasteiger partial charge is 0.0513 e. The van der Waals surface area contributed by atoms with Gasteiger partial charge in [-0.25, -0.2) is 0 Å². The lowest BCUT2D eigenvalue weighted by molar-refractivity contribution is 0.181. The van der Waals surface area contributed by atoms with Crippen LogP contribution in [0.15, 0.2) is 28.7 Å². The van der Waals surface area contributed by atoms with E-state index in [-0.39, 0.29) is 6.04 Å². The molecular formula is C11H14BrNO. The van der Waals surface area contributed by atoms with Crippen LogP contribution in [0.5, 0.6) is 0 Å². The van der Waals surface area contributed by atoms with E-state index >= 15 is 0 Å². The Morgan fingerprint density at radius 3 is 2.86 bits per heavy atom. The third-order valence-corrected chi connectivity index (χ3v) is 3.46. The Kier molecular flexibility index (Phi) is 3.21. The summed E-state index contributed by atoms with van der Waals surface area (Å²) in [6.07, 6.45) is 1.07. The van der Waals surface area contributed by atoms with E-state index in [2.05, 4.69) is 22.0 Å². The maximum atomic E-state index is 6.19. The minimum absolute atomic E-state index is 0.0908. The molecule has 3 heteroatoms. The van der Waals surface area contributed by atoms with Crippen molar-refractivity contribution in [1.29, 1.82) is 0 Å². The van der Waals surface area contributed by atoms with E-state index in [9.17, 15) is 0 Å². The predicted molar refractivity (Wildman–Crippen MR) is 60.0 cm³/mol. The van der Waals surface area contributed by atoms with Crippen LogP contribution in [0.3, 0.4) is 0 Å². The van der Waals surface area contributed by atoms with Crippen molar-refractivity contribution in [2.24, 2.45) is 11.7 Å². The normalized spacial score (nSPS) is 23.7. The minimum atomic E-state index is 0.0908. The number of ether oxygens (including phenoxy) is 1. The molecule has 0 radical (unpaired) electrons. The first-order valence-electron chi connectivity index (χ1n) is 4.87. The molecule has 1 saturated heterocycles. The summed E-state index contributed by atoms with van der Waals surface area (Å²) in [5.74, 6) is 0.466. The molecule has 1 aliphatic heterocycles. The third-order valence-electron chi connectivity index (χ3n) is 2.74. The number of hydrogen-bond acceptors (Lipinski definition) is 2. The summed E-state index contributed by atoms with van der Waals surface area (Å²) in [5.41, 5.74) is 7.37. The highest BCUT2D eigenvalue weighted by Gasteiger charge is 2.24. The average molecular weight is 256 g/mol. The fraction of sp³-hybridized carbons (Fsp3) is 0.455. The third kappa shape index (κ3) is 2.00. The summed E-state index contributed by atoms with van der Waals surface area (Å²) < 4.78 is 6.44. The Hall–Kier alpha value is -0.380. The topological polar surface area (TPSA) is 35.2 Å². The van der Waals surface area contributed by atoms with Gasteiger partial charge in [0.25, 0.3) is 0 Å². The number of nitrogens with two attached hydrogens (primary N) is 1. The molecule has 2 rings (SSSR count). The van der Waals surface area contributed by atoms with Gasteiger partial charge in [-0.3, -0.25) is 0 Å². The Bertz CT molecular complexity index is 310. The maximum Gasteiger partial charge on any atom is 0.0513 e. The van der Waals surface area contributed by atoms with Crippen LogP contribution in [-0.2, 0) is 4.74 Å². The number of rotatable bonds is 2. The molecule has 0 aliphatic carbocycles. The van der Waals surface area contributed by atoms with Gasteiger partial charge in [-0.2, -0.15) is 0 Å². The van der Waals surface area contributed by atoms with Crippen molar-refractivity contribution in [2.75, 3.05) is 13.2 Å². The molecule has 76 valence electrons. The van der Waals surface area contributed by atoms with E-state index in [0.717, 1.165) is 24.1 Å². The van der Waals surface area contributed by atoms with Gasteiger partial charge in [-0.05, 0) is 18.1 Å². The molecule has 0 aromatic heterocycles. The van der Waals surface area contributed by atoms with Gasteiger partial charge in [0.05, 0.1) is 6.61 Å². The van der Waals surface area contributed by atoms with E-state index in [1.165, 1.54) is 5.56 Å². The molecule has 0 saturated carbocycles. The fourth-order valence-corrected chi connectivity index (χ4v) is 2.38. The number of benzene rings is 1. The molecular weight excluding hydrogens is 242 g/mol. The summed E-state index contributed by atoms with van der Waals surface area (Å²) in [7, 11) is 0. The van der Waals surface area contributed by atoms with Crippen molar-refractivity contribution in [3.05, 3.63) is 34.3 Å². The summed E-state index contributed by atoms with van der Waals surface area (Å²) in [4.78, 5) is 0. The van der Waals surface area contributed by atoms with E-state index in [1.807, 2.05) is 18.2 Å². The minimum Gasteiger partial charge on any atom is -0.381 e. The number of hydrogen-bond donors (Lipinski definition) is 1. The Morgan fingerprint density at radius 1 is 1.43 bits per heavy atom. The second kappa shape index (κ2) is 4.43. The van der Waals surface area contributed by atoms with Crippen LogP contribution in [0.25, 0.3) is 0 Å². The zero-order chi connectivity index (χ0) is 9.97. The highest BCUT2D eigenvalue weighted by molar-refractivity contribution is 9.10. The first-order chi connectivity index (χ1) is 6.79. The van der Waals surface area contributed by atoms with Gasteiger partial charge < -0.3 is 10.5 Å². The van der Waals surface area contributed by atoms with Crippen molar-refractivity contribution >= 4 is 15.9 Å². The number of halogens is 1. The second-order valence-electron chi connectivity index (χ2n) is 3.67. The van der Waals surface area contributed by atoms with Gasteiger partial charge >= 0.3 is 0 Å². The van der Waals surface area contributed by atoms with Crippen molar-refractivity contribution in [3.63, 3.8) is 0 Å². The van der Waals surface area contributed by atoms with Crippen LogP contribution in [0.4, 0.5) is 0 Å². The van der Waals surface area contributed by atoms with E-state index in [1.54, 1.807) is 0 Å². The van der Waals surface area contributed by atoms with Crippen molar-refractivity contribution in [1.82, 2.24) is 0 Å². The molecule has 0 amide bonds. The van der Waals surface area contributed by atoms with E-state index in [0.29, 0.717) is 5.92 Å². The maximum absolute atomic E-state index is 6.19. The fourth-order valence-electron chi connectivity index (χ4n) is 1.84. The van der Waals surface area contributed by atoms with E-state index < -0.39 is 0 Å². The monoisotopic (exact) mass is 255 g/mol.